The molecule has 0 atom stereocenters. The van der Waals surface area contributed by atoms with Crippen LogP contribution in [0.3, 0.4) is 0 Å². The van der Waals surface area contributed by atoms with Crippen LogP contribution in [0.25, 0.3) is 23.3 Å². The Hall–Kier alpha value is -5.52. The van der Waals surface area contributed by atoms with Crippen LogP contribution in [0.4, 0.5) is 22.7 Å². The molecule has 27 heteroatoms. The number of allylic oxidation sites excluding steroid dienone is 2. The summed E-state index contributed by atoms with van der Waals surface area (Å²) < 4.78 is 146. The van der Waals surface area contributed by atoms with Crippen LogP contribution in [0.1, 0.15) is 31.8 Å². The Morgan fingerprint density at radius 2 is 0.885 bits per heavy atom. The fourth-order valence-corrected chi connectivity index (χ4v) is 8.43. The van der Waals surface area contributed by atoms with E-state index >= 15 is 0 Å². The average Bonchev–Trinajstić information content (AvgIpc) is 3.14. The van der Waals surface area contributed by atoms with Gasteiger partial charge in [-0.2, -0.15) is 43.9 Å². The van der Waals surface area contributed by atoms with Crippen molar-refractivity contribution in [2.75, 3.05) is 36.5 Å². The normalized spacial score (nSPS) is 15.6. The summed E-state index contributed by atoms with van der Waals surface area (Å²) in [7, 11) is -17.4. The summed E-state index contributed by atoms with van der Waals surface area (Å²) in [6.45, 7) is 0. The predicted octanol–water partition coefficient (Wildman–Crippen LogP) is 2.43. The van der Waals surface area contributed by atoms with E-state index in [0.29, 0.717) is 11.1 Å². The predicted molar refractivity (Wildman–Crippen MR) is 222 cm³/mol. The van der Waals surface area contributed by atoms with Gasteiger partial charge in [0, 0.05) is 40.9 Å². The fourth-order valence-electron chi connectivity index (χ4n) is 6.01. The molecule has 0 heterocycles. The molecule has 2 aliphatic rings. The first kappa shape index (κ1) is 46.5. The van der Waals surface area contributed by atoms with E-state index in [4.69, 9.17) is 20.9 Å². The first-order valence-corrected chi connectivity index (χ1v) is 21.9. The van der Waals surface area contributed by atoms with Crippen molar-refractivity contribution in [3.05, 3.63) is 92.7 Å². The average molecular weight is 928 g/mol. The minimum Gasteiger partial charge on any atom is -0.494 e. The van der Waals surface area contributed by atoms with E-state index in [1.165, 1.54) is 38.5 Å². The Kier molecular flexibility index (Phi) is 12.8. The molecule has 1 radical (unpaired) electrons. The molecule has 10 N–H and O–H groups in total. The molecule has 2 aliphatic carbocycles. The van der Waals surface area contributed by atoms with E-state index in [0.717, 1.165) is 36.4 Å². The molecule has 0 unspecified atom stereocenters. The second-order valence-electron chi connectivity index (χ2n) is 12.5. The van der Waals surface area contributed by atoms with Gasteiger partial charge in [-0.15, -0.1) is 0 Å². The van der Waals surface area contributed by atoms with Crippen LogP contribution in [0.2, 0.25) is 0 Å². The van der Waals surface area contributed by atoms with Crippen LogP contribution >= 0.6 is 0 Å². The molecule has 0 aromatic heterocycles. The quantitative estimate of drug-likeness (QED) is 0.0463. The fraction of sp³-hybridized carbons (Fsp3) is 0.0588. The monoisotopic (exact) mass is 927 g/mol. The third kappa shape index (κ3) is 9.38. The molecule has 0 saturated heterocycles. The molecule has 0 saturated carbocycles. The van der Waals surface area contributed by atoms with Gasteiger partial charge >= 0.3 is 0 Å². The molecule has 22 nitrogen and oxygen atoms in total. The van der Waals surface area contributed by atoms with E-state index in [1.54, 1.807) is 12.1 Å². The number of ketones is 2. The second kappa shape index (κ2) is 16.7. The molecule has 61 heavy (non-hydrogen) atoms. The Morgan fingerprint density at radius 1 is 0.541 bits per heavy atom. The van der Waals surface area contributed by atoms with Gasteiger partial charge in [-0.1, -0.05) is 12.1 Å². The summed E-state index contributed by atoms with van der Waals surface area (Å²) in [6.07, 6.45) is 1.51. The third-order valence-electron chi connectivity index (χ3n) is 8.73. The zero-order chi connectivity index (χ0) is 44.3. The minimum absolute atomic E-state index is 0. The smallest absolute Gasteiger partial charge is 0.296 e. The first-order chi connectivity index (χ1) is 27.8. The number of fused-ring (bicyclic) bond motifs is 2. The van der Waals surface area contributed by atoms with Crippen LogP contribution in [-0.4, -0.2) is 119 Å². The SMILES string of the molecule is COc1cc(-c2ccc(NN=C3C(=O)c4c(N)cc(S(=O)(=O)O)cc4C=C3S(=O)(=O)O)c(OC)c2)ccc1NN=C1C(=O)c2c(N)cc(S(=O)(=O)O)cc2C=C1S(=O)(=O)O.[Na]. The summed E-state index contributed by atoms with van der Waals surface area (Å²) in [5, 5.41) is 7.81. The van der Waals surface area contributed by atoms with Crippen molar-refractivity contribution in [2.45, 2.75) is 9.79 Å². The van der Waals surface area contributed by atoms with Gasteiger partial charge in [0.2, 0.25) is 11.6 Å². The van der Waals surface area contributed by atoms with Gasteiger partial charge in [0.15, 0.2) is 11.4 Å². The zero-order valence-corrected chi connectivity index (χ0v) is 36.6. The van der Waals surface area contributed by atoms with Gasteiger partial charge in [-0.05, 0) is 82.9 Å². The number of nitrogens with two attached hydrogens (primary N) is 2. The van der Waals surface area contributed by atoms with Crippen molar-refractivity contribution >= 4 is 128 Å². The number of carbonyl (C=O) groups is 2. The summed E-state index contributed by atoms with van der Waals surface area (Å²) in [6, 6.07) is 12.1. The number of carbonyl (C=O) groups excluding carboxylic acids is 2. The molecular formula is C34H28N6NaO16S4. The van der Waals surface area contributed by atoms with Crippen LogP contribution < -0.4 is 31.8 Å². The number of hydrazone groups is 2. The second-order valence-corrected chi connectivity index (χ2v) is 18.1. The Morgan fingerprint density at radius 3 is 1.18 bits per heavy atom. The van der Waals surface area contributed by atoms with Crippen LogP contribution in [0, 0.1) is 0 Å². The molecule has 0 aliphatic heterocycles. The molecule has 0 spiro atoms. The summed E-state index contributed by atoms with van der Waals surface area (Å²) in [5.41, 5.74) is 14.0. The van der Waals surface area contributed by atoms with E-state index in [9.17, 15) is 61.5 Å². The van der Waals surface area contributed by atoms with Crippen LogP contribution in [0.5, 0.6) is 11.5 Å². The Balaban J connectivity index is 0.00000704. The largest absolute Gasteiger partial charge is 0.494 e. The first-order valence-electron chi connectivity index (χ1n) is 16.2. The Labute approximate surface area is 368 Å². The topological polar surface area (TPSA) is 371 Å². The number of anilines is 4. The van der Waals surface area contributed by atoms with Gasteiger partial charge in [0.1, 0.15) is 21.3 Å². The number of ether oxygens (including phenoxy) is 2. The number of nitrogen functional groups attached to an aromatic ring is 2. The van der Waals surface area contributed by atoms with E-state index in [-0.39, 0.29) is 74.7 Å². The molecule has 4 aromatic carbocycles. The number of hydrogen-bond donors (Lipinski definition) is 8. The van der Waals surface area contributed by atoms with Crippen molar-refractivity contribution in [3.8, 4) is 22.6 Å². The van der Waals surface area contributed by atoms with Gasteiger partial charge in [-0.25, -0.2) is 0 Å². The maximum Gasteiger partial charge on any atom is 0.296 e. The van der Waals surface area contributed by atoms with Crippen molar-refractivity contribution < 1.29 is 70.9 Å². The minimum atomic E-state index is -5.15. The van der Waals surface area contributed by atoms with Crippen LogP contribution in [-0.2, 0) is 40.5 Å². The van der Waals surface area contributed by atoms with Gasteiger partial charge in [0.05, 0.1) is 46.5 Å². The summed E-state index contributed by atoms with van der Waals surface area (Å²) in [5.74, 6) is -2.05. The molecule has 6 rings (SSSR count). The van der Waals surface area contributed by atoms with Gasteiger partial charge in [0.25, 0.3) is 40.5 Å². The maximum absolute atomic E-state index is 13.5. The molecule has 0 amide bonds. The number of benzene rings is 4. The van der Waals surface area contributed by atoms with Crippen molar-refractivity contribution in [1.82, 2.24) is 0 Å². The van der Waals surface area contributed by atoms with Gasteiger partial charge < -0.3 is 20.9 Å². The van der Waals surface area contributed by atoms with Gasteiger partial charge in [-0.3, -0.25) is 38.7 Å². The van der Waals surface area contributed by atoms with E-state index in [1.807, 2.05) is 0 Å². The molecule has 4 aromatic rings. The Bertz CT molecular complexity index is 2970. The number of Topliss-reactive ketones (excluding diaryl/α,β-unsaturated/α-hetero) is 2. The third-order valence-corrected chi connectivity index (χ3v) is 12.1. The molecule has 315 valence electrons. The van der Waals surface area contributed by atoms with E-state index < -0.39 is 94.4 Å². The molecular weight excluding hydrogens is 900 g/mol. The number of nitrogens with zero attached hydrogens (tertiary/aromatic N) is 2. The maximum atomic E-state index is 13.5. The molecule has 0 bridgehead atoms. The van der Waals surface area contributed by atoms with E-state index in [2.05, 4.69) is 21.1 Å². The summed E-state index contributed by atoms with van der Waals surface area (Å²) >= 11 is 0. The van der Waals surface area contributed by atoms with Crippen LogP contribution in [0.15, 0.2) is 90.5 Å². The number of methoxy groups -OCH3 is 2. The van der Waals surface area contributed by atoms with Crippen molar-refractivity contribution in [3.63, 3.8) is 0 Å². The molecule has 0 fully saturated rings. The zero-order valence-electron chi connectivity index (χ0n) is 31.3. The summed E-state index contributed by atoms with van der Waals surface area (Å²) in [4.78, 5) is 23.4. The number of rotatable bonds is 11. The number of nitrogens with one attached hydrogen (secondary N) is 2. The van der Waals surface area contributed by atoms with Crippen molar-refractivity contribution in [1.29, 1.82) is 0 Å². The standard InChI is InChI=1S/C34H28N6O16S4.Na/c1-55-25-9-15(3-5-23(25)37-39-31-27(59(49,50)51)11-17-7-19(57(43,44)45)13-21(35)29(17)33(31)41)16-4-6-24(26(10-16)56-2)38-40-32-28(60(52,53)54)12-18-8-20(58(46,47)48)14-22(36)30(18)34(32)42;/h3-14,37-38H,35-36H2,1-2H3,(H,43,44,45)(H,46,47,48)(H,49,50,51)(H,52,53,54);. The van der Waals surface area contributed by atoms with Crippen molar-refractivity contribution in [2.24, 2.45) is 10.2 Å². The number of hydrogen-bond acceptors (Lipinski definition) is 18.